The Hall–Kier alpha value is -2.50. The fraction of sp³-hybridized carbons (Fsp3) is 0.286. The van der Waals surface area contributed by atoms with Gasteiger partial charge in [-0.1, -0.05) is 6.92 Å². The number of aromatic nitrogens is 1. The third-order valence-corrected chi connectivity index (χ3v) is 2.93. The molecule has 1 aromatic carbocycles. The lowest BCUT2D eigenvalue weighted by atomic mass is 10.1. The van der Waals surface area contributed by atoms with Crippen LogP contribution >= 0.6 is 0 Å². The number of aromatic amines is 1. The van der Waals surface area contributed by atoms with E-state index in [4.69, 9.17) is 5.73 Å². The summed E-state index contributed by atoms with van der Waals surface area (Å²) in [6, 6.07) is 5.29. The Morgan fingerprint density at radius 2 is 2.10 bits per heavy atom. The molecule has 106 valence electrons. The van der Waals surface area contributed by atoms with Crippen molar-refractivity contribution in [1.29, 1.82) is 0 Å². The molecule has 0 atom stereocenters. The number of H-pyrrole nitrogens is 1. The van der Waals surface area contributed by atoms with Crippen LogP contribution in [0.1, 0.15) is 23.7 Å². The molecule has 0 bridgehead atoms. The molecule has 5 N–H and O–H groups in total. The predicted molar refractivity (Wildman–Crippen MR) is 78.3 cm³/mol. The van der Waals surface area contributed by atoms with Crippen LogP contribution < -0.4 is 16.4 Å². The Balaban J connectivity index is 2.03. The normalized spacial score (nSPS) is 10.4. The van der Waals surface area contributed by atoms with Crippen molar-refractivity contribution in [2.45, 2.75) is 13.3 Å². The first-order chi connectivity index (χ1) is 9.61. The van der Waals surface area contributed by atoms with Crippen LogP contribution in [-0.4, -0.2) is 29.9 Å². The summed E-state index contributed by atoms with van der Waals surface area (Å²) in [6.07, 6.45) is 2.48. The van der Waals surface area contributed by atoms with Gasteiger partial charge in [0.1, 0.15) is 0 Å². The fourth-order valence-corrected chi connectivity index (χ4v) is 1.91. The van der Waals surface area contributed by atoms with Crippen molar-refractivity contribution in [3.63, 3.8) is 0 Å². The van der Waals surface area contributed by atoms with Crippen LogP contribution in [0.4, 0.5) is 5.69 Å². The maximum absolute atomic E-state index is 12.0. The van der Waals surface area contributed by atoms with Crippen molar-refractivity contribution in [2.24, 2.45) is 0 Å². The summed E-state index contributed by atoms with van der Waals surface area (Å²) in [5.74, 6) is -0.475. The molecule has 6 nitrogen and oxygen atoms in total. The number of hydrogen-bond acceptors (Lipinski definition) is 3. The SMILES string of the molecule is CCCNC(=O)CNC(=O)c1c[nH]c2cc(N)ccc12. The fourth-order valence-electron chi connectivity index (χ4n) is 1.91. The first kappa shape index (κ1) is 13.9. The van der Waals surface area contributed by atoms with E-state index in [9.17, 15) is 9.59 Å². The molecular weight excluding hydrogens is 256 g/mol. The van der Waals surface area contributed by atoms with Crippen LogP contribution in [0.2, 0.25) is 0 Å². The van der Waals surface area contributed by atoms with E-state index in [1.165, 1.54) is 0 Å². The Labute approximate surface area is 116 Å². The largest absolute Gasteiger partial charge is 0.399 e. The van der Waals surface area contributed by atoms with Crippen molar-refractivity contribution >= 4 is 28.4 Å². The van der Waals surface area contributed by atoms with E-state index in [-0.39, 0.29) is 18.4 Å². The highest BCUT2D eigenvalue weighted by molar-refractivity contribution is 6.07. The second-order valence-corrected chi connectivity index (χ2v) is 4.54. The number of carbonyl (C=O) groups excluding carboxylic acids is 2. The standard InChI is InChI=1S/C14H18N4O2/c1-2-5-16-13(19)8-18-14(20)11-7-17-12-6-9(15)3-4-10(11)12/h3-4,6-7,17H,2,5,8,15H2,1H3,(H,16,19)(H,18,20). The smallest absolute Gasteiger partial charge is 0.253 e. The average Bonchev–Trinajstić information content (AvgIpc) is 2.85. The lowest BCUT2D eigenvalue weighted by Gasteiger charge is -2.05. The number of anilines is 1. The molecule has 0 radical (unpaired) electrons. The number of carbonyl (C=O) groups is 2. The van der Waals surface area contributed by atoms with Crippen molar-refractivity contribution in [3.8, 4) is 0 Å². The number of nitrogens with two attached hydrogens (primary N) is 1. The van der Waals surface area contributed by atoms with Gasteiger partial charge in [-0.25, -0.2) is 0 Å². The number of nitrogens with one attached hydrogen (secondary N) is 3. The molecule has 0 unspecified atom stereocenters. The maximum Gasteiger partial charge on any atom is 0.253 e. The van der Waals surface area contributed by atoms with Crippen LogP contribution in [0.15, 0.2) is 24.4 Å². The minimum Gasteiger partial charge on any atom is -0.399 e. The molecule has 1 heterocycles. The van der Waals surface area contributed by atoms with Gasteiger partial charge in [0.15, 0.2) is 0 Å². The van der Waals surface area contributed by atoms with Gasteiger partial charge in [0.25, 0.3) is 5.91 Å². The number of amides is 2. The number of fused-ring (bicyclic) bond motifs is 1. The maximum atomic E-state index is 12.0. The lowest BCUT2D eigenvalue weighted by Crippen LogP contribution is -2.37. The zero-order valence-corrected chi connectivity index (χ0v) is 11.3. The van der Waals surface area contributed by atoms with Gasteiger partial charge in [0, 0.05) is 29.3 Å². The summed E-state index contributed by atoms with van der Waals surface area (Å²) in [4.78, 5) is 26.5. The van der Waals surface area contributed by atoms with Crippen LogP contribution in [0.5, 0.6) is 0 Å². The van der Waals surface area contributed by atoms with Gasteiger partial charge >= 0.3 is 0 Å². The Morgan fingerprint density at radius 3 is 2.85 bits per heavy atom. The number of nitrogen functional groups attached to an aromatic ring is 1. The quantitative estimate of drug-likeness (QED) is 0.612. The average molecular weight is 274 g/mol. The van der Waals surface area contributed by atoms with Gasteiger partial charge in [0.05, 0.1) is 12.1 Å². The summed E-state index contributed by atoms with van der Waals surface area (Å²) in [5.41, 5.74) is 7.61. The van der Waals surface area contributed by atoms with Gasteiger partial charge in [-0.2, -0.15) is 0 Å². The molecule has 2 aromatic rings. The predicted octanol–water partition coefficient (Wildman–Crippen LogP) is 1.01. The van der Waals surface area contributed by atoms with Crippen LogP contribution in [0.3, 0.4) is 0 Å². The van der Waals surface area contributed by atoms with E-state index in [1.807, 2.05) is 6.92 Å². The molecular formula is C14H18N4O2. The molecule has 0 aliphatic rings. The topological polar surface area (TPSA) is 100 Å². The number of hydrogen-bond donors (Lipinski definition) is 4. The second kappa shape index (κ2) is 6.10. The van der Waals surface area contributed by atoms with Crippen molar-refractivity contribution in [3.05, 3.63) is 30.0 Å². The molecule has 2 rings (SSSR count). The molecule has 0 saturated heterocycles. The molecule has 0 aliphatic carbocycles. The second-order valence-electron chi connectivity index (χ2n) is 4.54. The summed E-state index contributed by atoms with van der Waals surface area (Å²) >= 11 is 0. The molecule has 6 heteroatoms. The Bertz CT molecular complexity index is 633. The van der Waals surface area contributed by atoms with Crippen LogP contribution in [0.25, 0.3) is 10.9 Å². The zero-order chi connectivity index (χ0) is 14.5. The van der Waals surface area contributed by atoms with Crippen molar-refractivity contribution in [1.82, 2.24) is 15.6 Å². The van der Waals surface area contributed by atoms with Crippen LogP contribution in [0, 0.1) is 0 Å². The third kappa shape index (κ3) is 3.09. The van der Waals surface area contributed by atoms with E-state index in [1.54, 1.807) is 24.4 Å². The summed E-state index contributed by atoms with van der Waals surface area (Å²) in [7, 11) is 0. The third-order valence-electron chi connectivity index (χ3n) is 2.93. The van der Waals surface area contributed by atoms with Crippen molar-refractivity contribution < 1.29 is 9.59 Å². The monoisotopic (exact) mass is 274 g/mol. The molecule has 20 heavy (non-hydrogen) atoms. The molecule has 0 fully saturated rings. The number of benzene rings is 1. The van der Waals surface area contributed by atoms with Crippen LogP contribution in [-0.2, 0) is 4.79 Å². The van der Waals surface area contributed by atoms with E-state index >= 15 is 0 Å². The number of rotatable bonds is 5. The molecule has 0 saturated carbocycles. The Morgan fingerprint density at radius 1 is 1.30 bits per heavy atom. The zero-order valence-electron chi connectivity index (χ0n) is 11.3. The summed E-state index contributed by atoms with van der Waals surface area (Å²) in [6.45, 7) is 2.55. The minimum atomic E-state index is -0.285. The molecule has 1 aromatic heterocycles. The van der Waals surface area contributed by atoms with Gasteiger partial charge in [-0.3, -0.25) is 9.59 Å². The Kier molecular flexibility index (Phi) is 4.24. The van der Waals surface area contributed by atoms with Gasteiger partial charge in [0.2, 0.25) is 5.91 Å². The van der Waals surface area contributed by atoms with E-state index < -0.39 is 0 Å². The summed E-state index contributed by atoms with van der Waals surface area (Å²) < 4.78 is 0. The highest BCUT2D eigenvalue weighted by Crippen LogP contribution is 2.20. The van der Waals surface area contributed by atoms with Crippen molar-refractivity contribution in [2.75, 3.05) is 18.8 Å². The molecule has 0 spiro atoms. The van der Waals surface area contributed by atoms with Gasteiger partial charge in [-0.05, 0) is 24.6 Å². The lowest BCUT2D eigenvalue weighted by molar-refractivity contribution is -0.120. The van der Waals surface area contributed by atoms with E-state index in [0.29, 0.717) is 17.8 Å². The molecule has 0 aliphatic heterocycles. The first-order valence-electron chi connectivity index (χ1n) is 6.53. The van der Waals surface area contributed by atoms with Gasteiger partial charge < -0.3 is 21.4 Å². The summed E-state index contributed by atoms with van der Waals surface area (Å²) in [5, 5.41) is 6.08. The van der Waals surface area contributed by atoms with E-state index in [2.05, 4.69) is 15.6 Å². The highest BCUT2D eigenvalue weighted by Gasteiger charge is 2.12. The minimum absolute atomic E-state index is 0.0273. The van der Waals surface area contributed by atoms with E-state index in [0.717, 1.165) is 17.3 Å². The first-order valence-corrected chi connectivity index (χ1v) is 6.53. The highest BCUT2D eigenvalue weighted by atomic mass is 16.2. The van der Waals surface area contributed by atoms with Gasteiger partial charge in [-0.15, -0.1) is 0 Å². The molecule has 2 amide bonds.